The molecule has 2 heterocycles. The molecule has 5 rings (SSSR count). The Labute approximate surface area is 193 Å². The fourth-order valence-corrected chi connectivity index (χ4v) is 5.22. The van der Waals surface area contributed by atoms with E-state index in [0.717, 1.165) is 18.2 Å². The van der Waals surface area contributed by atoms with E-state index in [9.17, 15) is 14.0 Å². The van der Waals surface area contributed by atoms with Crippen LogP contribution in [0.4, 0.5) is 23.7 Å². The molecule has 34 heavy (non-hydrogen) atoms. The van der Waals surface area contributed by atoms with E-state index in [1.54, 1.807) is 0 Å². The number of ether oxygens (including phenoxy) is 1. The molecule has 1 aliphatic carbocycles. The lowest BCUT2D eigenvalue weighted by Gasteiger charge is -2.16. The molecule has 2 aliphatic heterocycles. The highest BCUT2D eigenvalue weighted by molar-refractivity contribution is 5.90. The van der Waals surface area contributed by atoms with Gasteiger partial charge >= 0.3 is 6.09 Å². The van der Waals surface area contributed by atoms with E-state index in [2.05, 4.69) is 15.5 Å². The fraction of sp³-hybridized carbons (Fsp3) is 0.375. The van der Waals surface area contributed by atoms with Crippen LogP contribution in [0.2, 0.25) is 0 Å². The number of cyclic esters (lactones) is 1. The summed E-state index contributed by atoms with van der Waals surface area (Å²) in [5.74, 6) is -3.04. The van der Waals surface area contributed by atoms with Crippen LogP contribution in [0.5, 0.6) is 0 Å². The Morgan fingerprint density at radius 2 is 1.88 bits per heavy atom. The highest BCUT2D eigenvalue weighted by atomic mass is 19.1. The number of halogens is 3. The number of benzene rings is 2. The van der Waals surface area contributed by atoms with Gasteiger partial charge in [-0.3, -0.25) is 9.69 Å². The number of hydrogen-bond donors (Lipinski definition) is 2. The summed E-state index contributed by atoms with van der Waals surface area (Å²) < 4.78 is 50.3. The van der Waals surface area contributed by atoms with E-state index in [1.165, 1.54) is 24.0 Å². The highest BCUT2D eigenvalue weighted by Crippen LogP contribution is 2.63. The van der Waals surface area contributed by atoms with E-state index in [1.807, 2.05) is 0 Å². The summed E-state index contributed by atoms with van der Waals surface area (Å²) in [5, 5.41) is 5.68. The van der Waals surface area contributed by atoms with Crippen molar-refractivity contribution in [1.82, 2.24) is 10.6 Å². The normalized spacial score (nSPS) is 27.2. The maximum Gasteiger partial charge on any atom is 0.414 e. The molecule has 2 aromatic carbocycles. The number of rotatable bonds is 5. The number of carbonyl (C=O) groups is 2. The molecule has 0 bridgehead atoms. The molecule has 3 aliphatic rings. The molecule has 2 aromatic rings. The zero-order valence-corrected chi connectivity index (χ0v) is 18.2. The van der Waals surface area contributed by atoms with Gasteiger partial charge in [0.25, 0.3) is 5.54 Å². The lowest BCUT2D eigenvalue weighted by molar-refractivity contribution is -0.119. The van der Waals surface area contributed by atoms with Gasteiger partial charge in [-0.15, -0.1) is 0 Å². The number of piperidine rings is 1. The molecular weight excluding hydrogens is 449 g/mol. The Balaban J connectivity index is 1.40. The first-order valence-electron chi connectivity index (χ1n) is 10.9. The largest absolute Gasteiger partial charge is 0.442 e. The minimum absolute atomic E-state index is 0.000557. The molecule has 2 N–H and O–H groups in total. The maximum atomic E-state index is 15.1. The van der Waals surface area contributed by atoms with Gasteiger partial charge in [-0.1, -0.05) is 0 Å². The van der Waals surface area contributed by atoms with Crippen molar-refractivity contribution in [2.75, 3.05) is 31.1 Å². The monoisotopic (exact) mass is 470 g/mol. The van der Waals surface area contributed by atoms with Crippen molar-refractivity contribution in [3.05, 3.63) is 64.8 Å². The SMILES string of the molecule is [C-]#[N+]C1(c2c(F)cc(-c3ccc(N4C[C@H](CNC(C)=O)OC4=O)cc3F)cc2F)[C@@H]2CNC[C@@H]21. The summed E-state index contributed by atoms with van der Waals surface area (Å²) in [6, 6.07) is 6.00. The lowest BCUT2D eigenvalue weighted by atomic mass is 9.95. The average Bonchev–Trinajstić information content (AvgIpc) is 3.12. The van der Waals surface area contributed by atoms with Crippen molar-refractivity contribution >= 4 is 17.7 Å². The van der Waals surface area contributed by atoms with Crippen LogP contribution in [0.1, 0.15) is 12.5 Å². The van der Waals surface area contributed by atoms with Crippen LogP contribution in [-0.2, 0) is 15.1 Å². The minimum Gasteiger partial charge on any atom is -0.442 e. The van der Waals surface area contributed by atoms with Crippen LogP contribution in [0, 0.1) is 35.9 Å². The van der Waals surface area contributed by atoms with Gasteiger partial charge in [0.15, 0.2) is 0 Å². The number of carbonyl (C=O) groups excluding carboxylic acids is 2. The fourth-order valence-electron chi connectivity index (χ4n) is 5.22. The van der Waals surface area contributed by atoms with Crippen LogP contribution in [-0.4, -0.2) is 44.3 Å². The Hall–Kier alpha value is -3.58. The second-order valence-corrected chi connectivity index (χ2v) is 8.84. The third-order valence-corrected chi connectivity index (χ3v) is 6.89. The van der Waals surface area contributed by atoms with Crippen molar-refractivity contribution in [2.45, 2.75) is 18.6 Å². The smallest absolute Gasteiger partial charge is 0.414 e. The molecule has 1 unspecified atom stereocenters. The van der Waals surface area contributed by atoms with E-state index >= 15 is 8.78 Å². The van der Waals surface area contributed by atoms with Crippen LogP contribution in [0.25, 0.3) is 16.0 Å². The van der Waals surface area contributed by atoms with Gasteiger partial charge in [-0.05, 0) is 35.9 Å². The predicted molar refractivity (Wildman–Crippen MR) is 116 cm³/mol. The predicted octanol–water partition coefficient (Wildman–Crippen LogP) is 3.20. The van der Waals surface area contributed by atoms with Crippen molar-refractivity contribution in [3.63, 3.8) is 0 Å². The van der Waals surface area contributed by atoms with Gasteiger partial charge in [0, 0.05) is 25.6 Å². The summed E-state index contributed by atoms with van der Waals surface area (Å²) in [4.78, 5) is 28.1. The Bertz CT molecular complexity index is 1210. The van der Waals surface area contributed by atoms with Crippen molar-refractivity contribution in [2.24, 2.45) is 11.8 Å². The molecule has 2 saturated heterocycles. The second-order valence-electron chi connectivity index (χ2n) is 8.84. The first-order valence-corrected chi connectivity index (χ1v) is 10.9. The van der Waals surface area contributed by atoms with Gasteiger partial charge in [0.1, 0.15) is 29.1 Å². The molecule has 0 radical (unpaired) electrons. The number of nitrogens with one attached hydrogen (secondary N) is 2. The van der Waals surface area contributed by atoms with Gasteiger partial charge in [0.2, 0.25) is 5.91 Å². The quantitative estimate of drug-likeness (QED) is 0.659. The summed E-state index contributed by atoms with van der Waals surface area (Å²) in [5.41, 5.74) is -1.27. The average molecular weight is 470 g/mol. The molecule has 2 amide bonds. The maximum absolute atomic E-state index is 15.1. The van der Waals surface area contributed by atoms with E-state index < -0.39 is 35.2 Å². The molecule has 1 saturated carbocycles. The number of anilines is 1. The van der Waals surface area contributed by atoms with Crippen LogP contribution in [0.3, 0.4) is 0 Å². The first kappa shape index (κ1) is 22.2. The van der Waals surface area contributed by atoms with Gasteiger partial charge < -0.3 is 20.2 Å². The summed E-state index contributed by atoms with van der Waals surface area (Å²) in [7, 11) is 0. The molecule has 176 valence electrons. The summed E-state index contributed by atoms with van der Waals surface area (Å²) in [6.45, 7) is 10.2. The zero-order valence-electron chi connectivity index (χ0n) is 18.2. The van der Waals surface area contributed by atoms with E-state index in [0.29, 0.717) is 13.1 Å². The summed E-state index contributed by atoms with van der Waals surface area (Å²) in [6.07, 6.45) is -1.26. The molecule has 7 nitrogen and oxygen atoms in total. The third-order valence-electron chi connectivity index (χ3n) is 6.89. The van der Waals surface area contributed by atoms with E-state index in [-0.39, 0.29) is 53.2 Å². The highest BCUT2D eigenvalue weighted by Gasteiger charge is 2.77. The number of nitrogens with zero attached hydrogens (tertiary/aromatic N) is 2. The number of fused-ring (bicyclic) bond motifs is 1. The van der Waals surface area contributed by atoms with Crippen molar-refractivity contribution in [3.8, 4) is 11.1 Å². The second kappa shape index (κ2) is 8.02. The molecule has 4 atom stereocenters. The van der Waals surface area contributed by atoms with Crippen molar-refractivity contribution < 1.29 is 27.5 Å². The number of amides is 2. The Morgan fingerprint density at radius 3 is 2.47 bits per heavy atom. The standard InChI is InChI=1S/C24H21F3N4O3/c1-12(32)30-8-15-11-31(23(33)34-15)14-3-4-16(19(25)7-14)13-5-20(26)22(21(27)6-13)24(28-2)17-9-29-10-18(17)24/h3-7,15,17-18,29H,8-11H2,1H3,(H,30,32)/t15-,17-,18+,24?/m0/s1. The lowest BCUT2D eigenvalue weighted by Crippen LogP contribution is -2.33. The van der Waals surface area contributed by atoms with Crippen LogP contribution >= 0.6 is 0 Å². The number of hydrogen-bond acceptors (Lipinski definition) is 4. The van der Waals surface area contributed by atoms with Crippen LogP contribution < -0.4 is 15.5 Å². The van der Waals surface area contributed by atoms with Crippen LogP contribution in [0.15, 0.2) is 30.3 Å². The van der Waals surface area contributed by atoms with E-state index in [4.69, 9.17) is 11.3 Å². The van der Waals surface area contributed by atoms with Gasteiger partial charge in [-0.25, -0.2) is 24.5 Å². The summed E-state index contributed by atoms with van der Waals surface area (Å²) >= 11 is 0. The van der Waals surface area contributed by atoms with Crippen molar-refractivity contribution in [1.29, 1.82) is 0 Å². The Morgan fingerprint density at radius 1 is 1.21 bits per heavy atom. The van der Waals surface area contributed by atoms with Gasteiger partial charge in [0.05, 0.1) is 30.6 Å². The molecule has 0 aromatic heterocycles. The molecule has 10 heteroatoms. The zero-order chi connectivity index (χ0) is 24.2. The molecular formula is C24H21F3N4O3. The Kier molecular flexibility index (Phi) is 5.24. The molecule has 3 fully saturated rings. The minimum atomic E-state index is -1.20. The van der Waals surface area contributed by atoms with Gasteiger partial charge in [-0.2, -0.15) is 0 Å². The third kappa shape index (κ3) is 3.39. The molecule has 0 spiro atoms. The topological polar surface area (TPSA) is 75.0 Å². The first-order chi connectivity index (χ1) is 16.3.